The van der Waals surface area contributed by atoms with Crippen LogP contribution in [0.4, 0.5) is 11.4 Å². The Morgan fingerprint density at radius 2 is 2.30 bits per heavy atom. The normalized spacial score (nSPS) is 18.9. The average Bonchev–Trinajstić information content (AvgIpc) is 2.40. The fourth-order valence-electron chi connectivity index (χ4n) is 2.20. The number of benzene rings is 1. The first-order valence-corrected chi connectivity index (χ1v) is 6.31. The zero-order valence-electron chi connectivity index (χ0n) is 10.7. The van der Waals surface area contributed by atoms with E-state index in [0.717, 1.165) is 0 Å². The van der Waals surface area contributed by atoms with Crippen molar-refractivity contribution in [3.63, 3.8) is 0 Å². The highest BCUT2D eigenvalue weighted by Gasteiger charge is 2.31. The van der Waals surface area contributed by atoms with Gasteiger partial charge in [0.05, 0.1) is 18.1 Å². The number of rotatable bonds is 3. The van der Waals surface area contributed by atoms with Gasteiger partial charge in [-0.25, -0.2) is 4.79 Å². The Hall–Kier alpha value is -1.86. The van der Waals surface area contributed by atoms with Gasteiger partial charge in [0.15, 0.2) is 6.04 Å². The van der Waals surface area contributed by atoms with Crippen LogP contribution in [0.25, 0.3) is 0 Å². The number of hydrogen-bond donors (Lipinski definition) is 1. The highest BCUT2D eigenvalue weighted by Crippen LogP contribution is 2.34. The maximum Gasteiger partial charge on any atom is 0.328 e. The minimum absolute atomic E-state index is 0.00812. The molecule has 0 bridgehead atoms. The molecule has 0 spiro atoms. The van der Waals surface area contributed by atoms with Gasteiger partial charge in [0.25, 0.3) is 5.69 Å². The average molecular weight is 301 g/mol. The number of halogens is 1. The lowest BCUT2D eigenvalue weighted by atomic mass is 10.1. The lowest BCUT2D eigenvalue weighted by Gasteiger charge is -2.35. The van der Waals surface area contributed by atoms with Crippen LogP contribution in [-0.2, 0) is 9.53 Å². The predicted octanol–water partition coefficient (Wildman–Crippen LogP) is 1.85. The number of hydrogen-bond acceptors (Lipinski definition) is 5. The molecule has 0 radical (unpaired) electrons. The minimum Gasteiger partial charge on any atom is -0.480 e. The summed E-state index contributed by atoms with van der Waals surface area (Å²) in [5, 5.41) is 20.0. The predicted molar refractivity (Wildman–Crippen MR) is 72.4 cm³/mol. The second-order valence-corrected chi connectivity index (χ2v) is 4.88. The third-order valence-electron chi connectivity index (χ3n) is 3.19. The Labute approximate surface area is 119 Å². The number of carboxylic acids is 1. The van der Waals surface area contributed by atoms with Crippen LogP contribution < -0.4 is 4.90 Å². The Morgan fingerprint density at radius 3 is 2.90 bits per heavy atom. The summed E-state index contributed by atoms with van der Waals surface area (Å²) in [6, 6.07) is 1.97. The third-order valence-corrected chi connectivity index (χ3v) is 3.49. The maximum absolute atomic E-state index is 11.2. The molecule has 0 aromatic heterocycles. The van der Waals surface area contributed by atoms with Crippen molar-refractivity contribution in [1.82, 2.24) is 0 Å². The third kappa shape index (κ3) is 2.68. The highest BCUT2D eigenvalue weighted by molar-refractivity contribution is 6.33. The summed E-state index contributed by atoms with van der Waals surface area (Å²) in [6.45, 7) is 2.56. The summed E-state index contributed by atoms with van der Waals surface area (Å²) in [5.74, 6) is -1.00. The SMILES string of the molecule is Cc1cc([N+](=O)[O-])c(Cl)cc1N1CCOCC1C(=O)O. The molecular formula is C12H13ClN2O5. The fourth-order valence-corrected chi connectivity index (χ4v) is 2.43. The zero-order chi connectivity index (χ0) is 14.9. The van der Waals surface area contributed by atoms with Crippen LogP contribution in [0.15, 0.2) is 12.1 Å². The molecule has 2 rings (SSSR count). The molecule has 20 heavy (non-hydrogen) atoms. The number of carboxylic acid groups (broad SMARTS) is 1. The quantitative estimate of drug-likeness (QED) is 0.676. The Kier molecular flexibility index (Phi) is 4.10. The second kappa shape index (κ2) is 5.64. The van der Waals surface area contributed by atoms with Gasteiger partial charge in [0, 0.05) is 18.3 Å². The first kappa shape index (κ1) is 14.5. The summed E-state index contributed by atoms with van der Waals surface area (Å²) in [6.07, 6.45) is 0. The molecule has 0 amide bonds. The molecule has 1 aliphatic rings. The number of aryl methyl sites for hydroxylation is 1. The largest absolute Gasteiger partial charge is 0.480 e. The minimum atomic E-state index is -1.00. The van der Waals surface area contributed by atoms with E-state index in [1.54, 1.807) is 11.8 Å². The van der Waals surface area contributed by atoms with Crippen LogP contribution in [-0.4, -0.2) is 41.8 Å². The molecular weight excluding hydrogens is 288 g/mol. The topological polar surface area (TPSA) is 92.9 Å². The molecule has 0 saturated carbocycles. The van der Waals surface area contributed by atoms with Gasteiger partial charge in [-0.15, -0.1) is 0 Å². The van der Waals surface area contributed by atoms with Gasteiger partial charge in [-0.2, -0.15) is 0 Å². The summed E-state index contributed by atoms with van der Waals surface area (Å²) in [5.41, 5.74) is 0.999. The maximum atomic E-state index is 11.2. The van der Waals surface area contributed by atoms with E-state index in [2.05, 4.69) is 0 Å². The number of morpholine rings is 1. The molecule has 1 aromatic carbocycles. The number of carbonyl (C=O) groups is 1. The van der Waals surface area contributed by atoms with E-state index in [9.17, 15) is 20.0 Å². The van der Waals surface area contributed by atoms with Crippen LogP contribution >= 0.6 is 11.6 Å². The van der Waals surface area contributed by atoms with Crippen LogP contribution in [0.5, 0.6) is 0 Å². The standard InChI is InChI=1S/C12H13ClN2O5/c1-7-4-10(15(18)19)8(13)5-9(7)14-2-3-20-6-11(14)12(16)17/h4-5,11H,2-3,6H2,1H3,(H,16,17). The van der Waals surface area contributed by atoms with Crippen molar-refractivity contribution in [2.75, 3.05) is 24.7 Å². The van der Waals surface area contributed by atoms with Crippen molar-refractivity contribution < 1.29 is 19.6 Å². The van der Waals surface area contributed by atoms with Crippen molar-refractivity contribution in [3.05, 3.63) is 32.8 Å². The van der Waals surface area contributed by atoms with E-state index < -0.39 is 16.9 Å². The van der Waals surface area contributed by atoms with Crippen LogP contribution in [0.3, 0.4) is 0 Å². The van der Waals surface area contributed by atoms with Gasteiger partial charge in [-0.05, 0) is 18.6 Å². The molecule has 1 N–H and O–H groups in total. The molecule has 1 aromatic rings. The lowest BCUT2D eigenvalue weighted by molar-refractivity contribution is -0.384. The molecule has 1 atom stereocenters. The Balaban J connectivity index is 2.43. The Morgan fingerprint density at radius 1 is 1.60 bits per heavy atom. The molecule has 0 aliphatic carbocycles. The van der Waals surface area contributed by atoms with Crippen molar-refractivity contribution in [3.8, 4) is 0 Å². The fraction of sp³-hybridized carbons (Fsp3) is 0.417. The van der Waals surface area contributed by atoms with Gasteiger partial charge in [0.1, 0.15) is 5.02 Å². The monoisotopic (exact) mass is 300 g/mol. The van der Waals surface area contributed by atoms with Gasteiger partial charge in [-0.3, -0.25) is 10.1 Å². The molecule has 108 valence electrons. The molecule has 1 aliphatic heterocycles. The first-order chi connectivity index (χ1) is 9.41. The lowest BCUT2D eigenvalue weighted by Crippen LogP contribution is -2.50. The molecule has 1 unspecified atom stereocenters. The van der Waals surface area contributed by atoms with Crippen LogP contribution in [0.1, 0.15) is 5.56 Å². The molecule has 7 nitrogen and oxygen atoms in total. The first-order valence-electron chi connectivity index (χ1n) is 5.93. The number of aliphatic carboxylic acids is 1. The molecule has 1 heterocycles. The van der Waals surface area contributed by atoms with Crippen molar-refractivity contribution in [2.24, 2.45) is 0 Å². The van der Waals surface area contributed by atoms with Crippen LogP contribution in [0, 0.1) is 17.0 Å². The summed E-state index contributed by atoms with van der Waals surface area (Å²) < 4.78 is 5.16. The summed E-state index contributed by atoms with van der Waals surface area (Å²) >= 11 is 5.90. The van der Waals surface area contributed by atoms with E-state index in [1.165, 1.54) is 12.1 Å². The highest BCUT2D eigenvalue weighted by atomic mass is 35.5. The molecule has 1 fully saturated rings. The van der Waals surface area contributed by atoms with E-state index >= 15 is 0 Å². The van der Waals surface area contributed by atoms with Gasteiger partial charge in [0.2, 0.25) is 0 Å². The van der Waals surface area contributed by atoms with E-state index in [-0.39, 0.29) is 17.3 Å². The molecule has 1 saturated heterocycles. The van der Waals surface area contributed by atoms with Gasteiger partial charge in [-0.1, -0.05) is 11.6 Å². The zero-order valence-corrected chi connectivity index (χ0v) is 11.5. The molecule has 8 heteroatoms. The van der Waals surface area contributed by atoms with Gasteiger partial charge >= 0.3 is 5.97 Å². The van der Waals surface area contributed by atoms with Crippen molar-refractivity contribution in [2.45, 2.75) is 13.0 Å². The van der Waals surface area contributed by atoms with E-state index in [1.807, 2.05) is 0 Å². The number of nitrogens with zero attached hydrogens (tertiary/aromatic N) is 2. The number of ether oxygens (including phenoxy) is 1. The van der Waals surface area contributed by atoms with Crippen molar-refractivity contribution >= 4 is 28.9 Å². The smallest absolute Gasteiger partial charge is 0.328 e. The van der Waals surface area contributed by atoms with Crippen LogP contribution in [0.2, 0.25) is 5.02 Å². The van der Waals surface area contributed by atoms with Crippen molar-refractivity contribution in [1.29, 1.82) is 0 Å². The number of nitro groups is 1. The summed E-state index contributed by atoms with van der Waals surface area (Å²) in [7, 11) is 0. The van der Waals surface area contributed by atoms with E-state index in [4.69, 9.17) is 16.3 Å². The second-order valence-electron chi connectivity index (χ2n) is 4.47. The number of nitro benzene ring substituents is 1. The Bertz CT molecular complexity index is 563. The number of anilines is 1. The summed E-state index contributed by atoms with van der Waals surface area (Å²) in [4.78, 5) is 23.2. The van der Waals surface area contributed by atoms with Gasteiger partial charge < -0.3 is 14.7 Å². The van der Waals surface area contributed by atoms with E-state index in [0.29, 0.717) is 24.4 Å².